The zero-order valence-electron chi connectivity index (χ0n) is 11.5. The maximum Gasteiger partial charge on any atom is 0.326 e. The number of amides is 1. The Morgan fingerprint density at radius 1 is 1.53 bits per heavy atom. The number of carbonyl (C=O) groups is 2. The quantitative estimate of drug-likeness (QED) is 0.623. The van der Waals surface area contributed by atoms with E-state index in [1.165, 1.54) is 0 Å². The highest BCUT2D eigenvalue weighted by Crippen LogP contribution is 2.15. The molecule has 1 unspecified atom stereocenters. The van der Waals surface area contributed by atoms with Crippen molar-refractivity contribution in [2.75, 3.05) is 25.1 Å². The second-order valence-electron chi connectivity index (χ2n) is 4.99. The summed E-state index contributed by atoms with van der Waals surface area (Å²) in [6.07, 6.45) is 6.00. The van der Waals surface area contributed by atoms with E-state index >= 15 is 0 Å². The lowest BCUT2D eigenvalue weighted by atomic mass is 9.94. The second-order valence-corrected chi connectivity index (χ2v) is 5.98. The van der Waals surface area contributed by atoms with E-state index in [-0.39, 0.29) is 5.91 Å². The van der Waals surface area contributed by atoms with Crippen LogP contribution in [0.1, 0.15) is 32.1 Å². The average Bonchev–Trinajstić information content (AvgIpc) is 2.42. The van der Waals surface area contributed by atoms with Crippen LogP contribution in [-0.2, 0) is 9.59 Å². The molecule has 1 fully saturated rings. The third kappa shape index (κ3) is 6.82. The van der Waals surface area contributed by atoms with Crippen LogP contribution in [0, 0.1) is 5.92 Å². The highest BCUT2D eigenvalue weighted by molar-refractivity contribution is 7.98. The van der Waals surface area contributed by atoms with Crippen molar-refractivity contribution in [3.05, 3.63) is 0 Å². The number of thioether (sulfide) groups is 1. The number of carbonyl (C=O) groups excluding carboxylic acids is 1. The number of aliphatic carboxylic acids is 1. The van der Waals surface area contributed by atoms with E-state index in [0.717, 1.165) is 38.1 Å². The Morgan fingerprint density at radius 3 is 2.89 bits per heavy atom. The van der Waals surface area contributed by atoms with Crippen LogP contribution in [0.25, 0.3) is 0 Å². The number of piperidine rings is 1. The molecule has 1 amide bonds. The van der Waals surface area contributed by atoms with Gasteiger partial charge in [-0.05, 0) is 56.7 Å². The minimum atomic E-state index is -0.943. The van der Waals surface area contributed by atoms with E-state index in [2.05, 4.69) is 10.6 Å². The van der Waals surface area contributed by atoms with Crippen molar-refractivity contribution >= 4 is 23.6 Å². The van der Waals surface area contributed by atoms with E-state index in [1.54, 1.807) is 11.8 Å². The van der Waals surface area contributed by atoms with Crippen LogP contribution in [-0.4, -0.2) is 48.1 Å². The number of hydrogen-bond donors (Lipinski definition) is 3. The molecular formula is C13H24N2O3S. The predicted octanol–water partition coefficient (Wildman–Crippen LogP) is 1.09. The first-order chi connectivity index (χ1) is 9.13. The van der Waals surface area contributed by atoms with Crippen molar-refractivity contribution in [1.82, 2.24) is 10.6 Å². The van der Waals surface area contributed by atoms with Gasteiger partial charge in [0.1, 0.15) is 6.04 Å². The minimum absolute atomic E-state index is 0.140. The zero-order chi connectivity index (χ0) is 14.1. The fourth-order valence-corrected chi connectivity index (χ4v) is 2.74. The third-order valence-corrected chi connectivity index (χ3v) is 4.07. The molecule has 0 radical (unpaired) electrons. The van der Waals surface area contributed by atoms with Crippen LogP contribution >= 0.6 is 11.8 Å². The lowest BCUT2D eigenvalue weighted by Crippen LogP contribution is -2.41. The number of rotatable bonds is 8. The maximum absolute atomic E-state index is 11.8. The molecule has 0 aliphatic carbocycles. The second kappa shape index (κ2) is 9.20. The Labute approximate surface area is 118 Å². The van der Waals surface area contributed by atoms with Crippen LogP contribution in [0.5, 0.6) is 0 Å². The van der Waals surface area contributed by atoms with Crippen molar-refractivity contribution in [3.63, 3.8) is 0 Å². The molecule has 3 N–H and O–H groups in total. The van der Waals surface area contributed by atoms with Gasteiger partial charge in [-0.3, -0.25) is 4.79 Å². The minimum Gasteiger partial charge on any atom is -0.480 e. The highest BCUT2D eigenvalue weighted by Gasteiger charge is 2.20. The summed E-state index contributed by atoms with van der Waals surface area (Å²) in [5.74, 6) is 0.207. The third-order valence-electron chi connectivity index (χ3n) is 3.42. The maximum atomic E-state index is 11.8. The normalized spacial score (nSPS) is 20.8. The highest BCUT2D eigenvalue weighted by atomic mass is 32.2. The number of carboxylic acids is 1. The number of nitrogens with one attached hydrogen (secondary N) is 2. The van der Waals surface area contributed by atoms with Crippen LogP contribution < -0.4 is 10.6 Å². The Kier molecular flexibility index (Phi) is 7.90. The molecule has 1 aliphatic rings. The molecule has 1 rings (SSSR count). The van der Waals surface area contributed by atoms with Gasteiger partial charge in [-0.25, -0.2) is 4.79 Å². The van der Waals surface area contributed by atoms with Crippen molar-refractivity contribution in [2.45, 2.75) is 38.1 Å². The van der Waals surface area contributed by atoms with Crippen molar-refractivity contribution in [3.8, 4) is 0 Å². The van der Waals surface area contributed by atoms with Gasteiger partial charge in [0.15, 0.2) is 0 Å². The molecule has 110 valence electrons. The SMILES string of the molecule is CSCC[C@H](NC(=O)CCC1CCCNC1)C(=O)O. The Morgan fingerprint density at radius 2 is 2.32 bits per heavy atom. The molecule has 0 spiro atoms. The summed E-state index contributed by atoms with van der Waals surface area (Å²) in [7, 11) is 0. The van der Waals surface area contributed by atoms with E-state index in [0.29, 0.717) is 18.8 Å². The van der Waals surface area contributed by atoms with Crippen LogP contribution in [0.3, 0.4) is 0 Å². The van der Waals surface area contributed by atoms with Gasteiger partial charge >= 0.3 is 5.97 Å². The van der Waals surface area contributed by atoms with Gasteiger partial charge in [0.2, 0.25) is 5.91 Å². The lowest BCUT2D eigenvalue weighted by molar-refractivity contribution is -0.141. The van der Waals surface area contributed by atoms with Gasteiger partial charge in [0, 0.05) is 6.42 Å². The molecule has 1 heterocycles. The molecule has 1 saturated heterocycles. The molecule has 2 atom stereocenters. The molecule has 0 saturated carbocycles. The monoisotopic (exact) mass is 288 g/mol. The molecule has 5 nitrogen and oxygen atoms in total. The van der Waals surface area contributed by atoms with Gasteiger partial charge in [-0.15, -0.1) is 0 Å². The molecule has 19 heavy (non-hydrogen) atoms. The van der Waals surface area contributed by atoms with Crippen molar-refractivity contribution in [2.24, 2.45) is 5.92 Å². The zero-order valence-corrected chi connectivity index (χ0v) is 12.3. The summed E-state index contributed by atoms with van der Waals surface area (Å²) in [5, 5.41) is 15.0. The molecule has 0 aromatic heterocycles. The molecule has 0 aromatic rings. The summed E-state index contributed by atoms with van der Waals surface area (Å²) >= 11 is 1.59. The topological polar surface area (TPSA) is 78.4 Å². The van der Waals surface area contributed by atoms with Gasteiger partial charge in [0.05, 0.1) is 0 Å². The summed E-state index contributed by atoms with van der Waals surface area (Å²) < 4.78 is 0. The van der Waals surface area contributed by atoms with Crippen molar-refractivity contribution in [1.29, 1.82) is 0 Å². The molecule has 0 aromatic carbocycles. The standard InChI is InChI=1S/C13H24N2O3S/c1-19-8-6-11(13(17)18)15-12(16)5-4-10-3-2-7-14-9-10/h10-11,14H,2-9H2,1H3,(H,15,16)(H,17,18)/t10?,11-/m0/s1. The summed E-state index contributed by atoms with van der Waals surface area (Å²) in [6, 6.07) is -0.746. The fraction of sp³-hybridized carbons (Fsp3) is 0.846. The smallest absolute Gasteiger partial charge is 0.326 e. The molecular weight excluding hydrogens is 264 g/mol. The Balaban J connectivity index is 2.25. The number of carboxylic acid groups (broad SMARTS) is 1. The summed E-state index contributed by atoms with van der Waals surface area (Å²) in [4.78, 5) is 22.8. The predicted molar refractivity (Wildman–Crippen MR) is 77.4 cm³/mol. The summed E-state index contributed by atoms with van der Waals surface area (Å²) in [5.41, 5.74) is 0. The van der Waals surface area contributed by atoms with Crippen LogP contribution in [0.2, 0.25) is 0 Å². The van der Waals surface area contributed by atoms with E-state index < -0.39 is 12.0 Å². The van der Waals surface area contributed by atoms with Gasteiger partial charge in [-0.2, -0.15) is 11.8 Å². The first-order valence-electron chi connectivity index (χ1n) is 6.85. The average molecular weight is 288 g/mol. The van der Waals surface area contributed by atoms with E-state index in [1.807, 2.05) is 6.26 Å². The van der Waals surface area contributed by atoms with E-state index in [9.17, 15) is 9.59 Å². The largest absolute Gasteiger partial charge is 0.480 e. The Bertz CT molecular complexity index is 294. The van der Waals surface area contributed by atoms with Crippen molar-refractivity contribution < 1.29 is 14.7 Å². The number of hydrogen-bond acceptors (Lipinski definition) is 4. The van der Waals surface area contributed by atoms with Crippen LogP contribution in [0.4, 0.5) is 0 Å². The van der Waals surface area contributed by atoms with Gasteiger partial charge in [-0.1, -0.05) is 0 Å². The fourth-order valence-electron chi connectivity index (χ4n) is 2.27. The first kappa shape index (κ1) is 16.3. The van der Waals surface area contributed by atoms with Gasteiger partial charge in [0.25, 0.3) is 0 Å². The molecule has 0 bridgehead atoms. The molecule has 1 aliphatic heterocycles. The Hall–Kier alpha value is -0.750. The lowest BCUT2D eigenvalue weighted by Gasteiger charge is -2.22. The summed E-state index contributed by atoms with van der Waals surface area (Å²) in [6.45, 7) is 2.04. The van der Waals surface area contributed by atoms with E-state index in [4.69, 9.17) is 5.11 Å². The van der Waals surface area contributed by atoms with Gasteiger partial charge < -0.3 is 15.7 Å². The van der Waals surface area contributed by atoms with Crippen LogP contribution in [0.15, 0.2) is 0 Å². The first-order valence-corrected chi connectivity index (χ1v) is 8.24. The molecule has 6 heteroatoms.